The van der Waals surface area contributed by atoms with Crippen LogP contribution < -0.4 is 0 Å². The number of halogens is 4. The van der Waals surface area contributed by atoms with Crippen molar-refractivity contribution in [3.8, 4) is 0 Å². The van der Waals surface area contributed by atoms with Crippen LogP contribution in [0.3, 0.4) is 0 Å². The molecular weight excluding hydrogens is 337 g/mol. The second-order valence-electron chi connectivity index (χ2n) is 4.80. The van der Waals surface area contributed by atoms with Gasteiger partial charge >= 0.3 is 6.18 Å². The largest absolute Gasteiger partial charge is 0.433 e. The summed E-state index contributed by atoms with van der Waals surface area (Å²) in [6, 6.07) is 4.42. The molecule has 0 atom stereocenters. The maximum Gasteiger partial charge on any atom is 0.433 e. The summed E-state index contributed by atoms with van der Waals surface area (Å²) in [7, 11) is 0. The predicted octanol–water partition coefficient (Wildman–Crippen LogP) is 4.17. The third-order valence-electron chi connectivity index (χ3n) is 3.46. The summed E-state index contributed by atoms with van der Waals surface area (Å²) < 4.78 is 47.2. The molecular formula is C13H12BrF3N2O. The van der Waals surface area contributed by atoms with Gasteiger partial charge in [-0.3, -0.25) is 4.68 Å². The van der Waals surface area contributed by atoms with Crippen LogP contribution in [-0.2, 0) is 10.9 Å². The Hall–Kier alpha value is -1.08. The molecule has 108 valence electrons. The Kier molecular flexibility index (Phi) is 3.50. The summed E-state index contributed by atoms with van der Waals surface area (Å²) in [4.78, 5) is 0. The van der Waals surface area contributed by atoms with Gasteiger partial charge in [0.15, 0.2) is 5.69 Å². The summed E-state index contributed by atoms with van der Waals surface area (Å²) in [5, 5.41) is 4.32. The molecule has 1 saturated heterocycles. The van der Waals surface area contributed by atoms with Gasteiger partial charge in [0.05, 0.1) is 11.6 Å². The lowest BCUT2D eigenvalue weighted by molar-refractivity contribution is -0.144. The van der Waals surface area contributed by atoms with Crippen LogP contribution in [0.2, 0.25) is 0 Å². The molecule has 1 aliphatic rings. The number of benzene rings is 1. The van der Waals surface area contributed by atoms with Crippen molar-refractivity contribution in [3.05, 3.63) is 28.4 Å². The molecule has 0 unspecified atom stereocenters. The first kappa shape index (κ1) is 13.9. The van der Waals surface area contributed by atoms with Crippen LogP contribution in [0.1, 0.15) is 24.6 Å². The molecule has 0 saturated carbocycles. The fraction of sp³-hybridized carbons (Fsp3) is 0.462. The highest BCUT2D eigenvalue weighted by Gasteiger charge is 2.39. The summed E-state index contributed by atoms with van der Waals surface area (Å²) in [6.07, 6.45) is -3.31. The van der Waals surface area contributed by atoms with Crippen LogP contribution in [-0.4, -0.2) is 23.0 Å². The molecule has 20 heavy (non-hydrogen) atoms. The van der Waals surface area contributed by atoms with Gasteiger partial charge in [-0.1, -0.05) is 15.9 Å². The first-order valence-corrected chi connectivity index (χ1v) is 7.09. The number of rotatable bonds is 1. The van der Waals surface area contributed by atoms with Gasteiger partial charge < -0.3 is 4.74 Å². The molecule has 0 N–H and O–H groups in total. The molecule has 7 heteroatoms. The van der Waals surface area contributed by atoms with Gasteiger partial charge in [-0.05, 0) is 31.0 Å². The quantitative estimate of drug-likeness (QED) is 0.773. The average Bonchev–Trinajstić information content (AvgIpc) is 2.78. The van der Waals surface area contributed by atoms with Crippen molar-refractivity contribution in [1.82, 2.24) is 9.78 Å². The van der Waals surface area contributed by atoms with E-state index in [-0.39, 0.29) is 11.4 Å². The van der Waals surface area contributed by atoms with Crippen molar-refractivity contribution in [2.24, 2.45) is 0 Å². The van der Waals surface area contributed by atoms with Crippen LogP contribution in [0, 0.1) is 0 Å². The van der Waals surface area contributed by atoms with E-state index >= 15 is 0 Å². The predicted molar refractivity (Wildman–Crippen MR) is 71.5 cm³/mol. The molecule has 2 heterocycles. The van der Waals surface area contributed by atoms with Gasteiger partial charge in [0, 0.05) is 23.1 Å². The van der Waals surface area contributed by atoms with Crippen molar-refractivity contribution in [2.45, 2.75) is 25.1 Å². The van der Waals surface area contributed by atoms with Gasteiger partial charge in [0.25, 0.3) is 0 Å². The van der Waals surface area contributed by atoms with E-state index in [4.69, 9.17) is 4.74 Å². The lowest BCUT2D eigenvalue weighted by atomic mass is 10.1. The fourth-order valence-electron chi connectivity index (χ4n) is 2.55. The first-order valence-electron chi connectivity index (χ1n) is 6.29. The third-order valence-corrected chi connectivity index (χ3v) is 3.96. The van der Waals surface area contributed by atoms with Crippen LogP contribution >= 0.6 is 15.9 Å². The van der Waals surface area contributed by atoms with Crippen molar-refractivity contribution < 1.29 is 17.9 Å². The average molecular weight is 349 g/mol. The van der Waals surface area contributed by atoms with Gasteiger partial charge in [0.2, 0.25) is 0 Å². The molecule has 0 spiro atoms. The molecule has 3 nitrogen and oxygen atoms in total. The summed E-state index contributed by atoms with van der Waals surface area (Å²) >= 11 is 3.26. The van der Waals surface area contributed by atoms with Gasteiger partial charge in [-0.25, -0.2) is 0 Å². The van der Waals surface area contributed by atoms with Crippen LogP contribution in [0.5, 0.6) is 0 Å². The van der Waals surface area contributed by atoms with E-state index < -0.39 is 11.9 Å². The highest BCUT2D eigenvalue weighted by molar-refractivity contribution is 9.10. The normalized spacial score (nSPS) is 17.8. The Bertz CT molecular complexity index is 632. The minimum Gasteiger partial charge on any atom is -0.381 e. The number of fused-ring (bicyclic) bond motifs is 1. The van der Waals surface area contributed by atoms with Crippen molar-refractivity contribution >= 4 is 26.8 Å². The number of nitrogens with zero attached hydrogens (tertiary/aromatic N) is 2. The zero-order chi connectivity index (χ0) is 14.3. The maximum atomic E-state index is 13.4. The van der Waals surface area contributed by atoms with Crippen molar-refractivity contribution in [2.75, 3.05) is 13.2 Å². The number of ether oxygens (including phenoxy) is 1. The van der Waals surface area contributed by atoms with Gasteiger partial charge in [-0.15, -0.1) is 0 Å². The van der Waals surface area contributed by atoms with E-state index in [2.05, 4.69) is 21.0 Å². The Morgan fingerprint density at radius 1 is 1.25 bits per heavy atom. The molecule has 0 radical (unpaired) electrons. The SMILES string of the molecule is FC(F)(F)c1c2ccc(Br)cc2nn1C1CCOCC1. The lowest BCUT2D eigenvalue weighted by Crippen LogP contribution is -2.25. The zero-order valence-corrected chi connectivity index (χ0v) is 12.0. The molecule has 1 aliphatic heterocycles. The zero-order valence-electron chi connectivity index (χ0n) is 10.5. The Labute approximate surface area is 121 Å². The topological polar surface area (TPSA) is 27.1 Å². The smallest absolute Gasteiger partial charge is 0.381 e. The van der Waals surface area contributed by atoms with Crippen LogP contribution in [0.25, 0.3) is 10.9 Å². The third kappa shape index (κ3) is 2.44. The van der Waals surface area contributed by atoms with Crippen molar-refractivity contribution in [3.63, 3.8) is 0 Å². The van der Waals surface area contributed by atoms with Gasteiger partial charge in [-0.2, -0.15) is 18.3 Å². The number of aromatic nitrogens is 2. The first-order chi connectivity index (χ1) is 9.47. The number of alkyl halides is 3. The standard InChI is InChI=1S/C13H12BrF3N2O/c14-8-1-2-10-11(7-8)18-19(12(10)13(15,16)17)9-3-5-20-6-4-9/h1-2,7,9H,3-6H2. The number of hydrogen-bond donors (Lipinski definition) is 0. The Balaban J connectivity index is 2.18. The monoisotopic (exact) mass is 348 g/mol. The molecule has 0 aliphatic carbocycles. The van der Waals surface area contributed by atoms with E-state index in [0.29, 0.717) is 31.6 Å². The molecule has 0 amide bonds. The summed E-state index contributed by atoms with van der Waals surface area (Å²) in [5.74, 6) is 0. The van der Waals surface area contributed by atoms with Crippen molar-refractivity contribution in [1.29, 1.82) is 0 Å². The van der Waals surface area contributed by atoms with E-state index in [1.807, 2.05) is 0 Å². The minimum atomic E-state index is -4.42. The molecule has 2 aromatic rings. The minimum absolute atomic E-state index is 0.146. The fourth-order valence-corrected chi connectivity index (χ4v) is 2.90. The molecule has 1 fully saturated rings. The second-order valence-corrected chi connectivity index (χ2v) is 5.71. The van der Waals surface area contributed by atoms with Crippen LogP contribution in [0.15, 0.2) is 22.7 Å². The molecule has 1 aromatic heterocycles. The molecule has 3 rings (SSSR count). The Morgan fingerprint density at radius 3 is 2.60 bits per heavy atom. The highest BCUT2D eigenvalue weighted by Crippen LogP contribution is 2.38. The number of hydrogen-bond acceptors (Lipinski definition) is 2. The molecule has 0 bridgehead atoms. The van der Waals surface area contributed by atoms with E-state index in [1.165, 1.54) is 6.07 Å². The maximum absolute atomic E-state index is 13.4. The van der Waals surface area contributed by atoms with E-state index in [0.717, 1.165) is 9.15 Å². The molecule has 1 aromatic carbocycles. The lowest BCUT2D eigenvalue weighted by Gasteiger charge is -2.24. The van der Waals surface area contributed by atoms with Gasteiger partial charge in [0.1, 0.15) is 0 Å². The van der Waals surface area contributed by atoms with E-state index in [1.54, 1.807) is 12.1 Å². The second kappa shape index (κ2) is 5.04. The Morgan fingerprint density at radius 2 is 1.95 bits per heavy atom. The van der Waals surface area contributed by atoms with Crippen LogP contribution in [0.4, 0.5) is 13.2 Å². The summed E-state index contributed by atoms with van der Waals surface area (Å²) in [5.41, 5.74) is -0.301. The highest BCUT2D eigenvalue weighted by atomic mass is 79.9. The van der Waals surface area contributed by atoms with E-state index in [9.17, 15) is 13.2 Å². The summed E-state index contributed by atoms with van der Waals surface area (Å²) in [6.45, 7) is 0.948.